The third kappa shape index (κ3) is 3.33. The number of rotatable bonds is 2. The van der Waals surface area contributed by atoms with Crippen molar-refractivity contribution < 1.29 is 14.3 Å². The van der Waals surface area contributed by atoms with Gasteiger partial charge >= 0.3 is 0 Å². The van der Waals surface area contributed by atoms with Crippen LogP contribution in [0.5, 0.6) is 0 Å². The van der Waals surface area contributed by atoms with Crippen LogP contribution in [0.25, 0.3) is 0 Å². The fourth-order valence-electron chi connectivity index (χ4n) is 5.03. The van der Waals surface area contributed by atoms with Crippen LogP contribution in [0.15, 0.2) is 18.2 Å². The Bertz CT molecular complexity index is 744. The molecule has 4 aliphatic rings. The zero-order valence-electron chi connectivity index (χ0n) is 15.4. The maximum atomic E-state index is 12.6. The minimum absolute atomic E-state index is 0.0782. The fraction of sp³-hybridized carbons (Fsp3) is 0.650. The number of nitrogens with zero attached hydrogens (tertiary/aromatic N) is 1. The zero-order chi connectivity index (χ0) is 18.5. The van der Waals surface area contributed by atoms with Crippen LogP contribution in [0.1, 0.15) is 36.0 Å². The SMILES string of the molecule is O=C1NC2(COC3(CCN(CC4CCOC4)CC3)C2)Nc2ccc(Cl)cc21. The smallest absolute Gasteiger partial charge is 0.255 e. The number of halogens is 1. The van der Waals surface area contributed by atoms with Gasteiger partial charge in [-0.25, -0.2) is 0 Å². The third-order valence-electron chi connectivity index (χ3n) is 6.51. The Labute approximate surface area is 164 Å². The van der Waals surface area contributed by atoms with Gasteiger partial charge in [0.1, 0.15) is 5.66 Å². The van der Waals surface area contributed by atoms with Crippen LogP contribution >= 0.6 is 11.6 Å². The normalized spacial score (nSPS) is 32.5. The number of carbonyl (C=O) groups excluding carboxylic acids is 1. The number of piperidine rings is 1. The molecule has 2 unspecified atom stereocenters. The number of amides is 1. The predicted molar refractivity (Wildman–Crippen MR) is 103 cm³/mol. The molecule has 1 amide bonds. The Morgan fingerprint density at radius 3 is 2.89 bits per heavy atom. The largest absolute Gasteiger partial charge is 0.381 e. The maximum Gasteiger partial charge on any atom is 0.255 e. The predicted octanol–water partition coefficient (Wildman–Crippen LogP) is 2.48. The van der Waals surface area contributed by atoms with Gasteiger partial charge in [0.05, 0.1) is 24.4 Å². The average Bonchev–Trinajstić information content (AvgIpc) is 3.27. The van der Waals surface area contributed by atoms with E-state index in [-0.39, 0.29) is 11.5 Å². The maximum absolute atomic E-state index is 12.6. The van der Waals surface area contributed by atoms with E-state index < -0.39 is 5.66 Å². The number of hydrogen-bond donors (Lipinski definition) is 2. The Morgan fingerprint density at radius 1 is 1.26 bits per heavy atom. The second-order valence-corrected chi connectivity index (χ2v) is 8.97. The van der Waals surface area contributed by atoms with E-state index in [1.165, 1.54) is 6.42 Å². The highest BCUT2D eigenvalue weighted by Gasteiger charge is 2.53. The summed E-state index contributed by atoms with van der Waals surface area (Å²) in [6.45, 7) is 5.54. The van der Waals surface area contributed by atoms with Crippen molar-refractivity contribution >= 4 is 23.2 Å². The first-order chi connectivity index (χ1) is 13.0. The molecule has 27 heavy (non-hydrogen) atoms. The molecular weight excluding hydrogens is 366 g/mol. The fourth-order valence-corrected chi connectivity index (χ4v) is 5.20. The van der Waals surface area contributed by atoms with Crippen LogP contribution < -0.4 is 10.6 Å². The first-order valence-corrected chi connectivity index (χ1v) is 10.3. The van der Waals surface area contributed by atoms with Crippen molar-refractivity contribution in [3.63, 3.8) is 0 Å². The van der Waals surface area contributed by atoms with E-state index >= 15 is 0 Å². The summed E-state index contributed by atoms with van der Waals surface area (Å²) in [6, 6.07) is 5.41. The highest BCUT2D eigenvalue weighted by atomic mass is 35.5. The van der Waals surface area contributed by atoms with E-state index in [0.29, 0.717) is 23.1 Å². The molecule has 1 aromatic rings. The van der Waals surface area contributed by atoms with Crippen LogP contribution in [0.3, 0.4) is 0 Å². The number of carbonyl (C=O) groups is 1. The van der Waals surface area contributed by atoms with Crippen molar-refractivity contribution in [2.45, 2.75) is 36.9 Å². The van der Waals surface area contributed by atoms with Gasteiger partial charge in [0, 0.05) is 43.4 Å². The highest BCUT2D eigenvalue weighted by molar-refractivity contribution is 6.31. The number of hydrogen-bond acceptors (Lipinski definition) is 5. The summed E-state index contributed by atoms with van der Waals surface area (Å²) >= 11 is 6.04. The van der Waals surface area contributed by atoms with E-state index in [2.05, 4.69) is 15.5 Å². The molecule has 146 valence electrons. The molecule has 2 N–H and O–H groups in total. The molecule has 3 saturated heterocycles. The number of likely N-dealkylation sites (tertiary alicyclic amines) is 1. The molecule has 1 aromatic carbocycles. The molecule has 0 radical (unpaired) electrons. The van der Waals surface area contributed by atoms with Gasteiger partial charge in [0.2, 0.25) is 0 Å². The van der Waals surface area contributed by atoms with Gasteiger partial charge in [-0.1, -0.05) is 11.6 Å². The number of nitrogens with one attached hydrogen (secondary N) is 2. The van der Waals surface area contributed by atoms with Gasteiger partial charge in [0.15, 0.2) is 0 Å². The number of fused-ring (bicyclic) bond motifs is 1. The Hall–Kier alpha value is -1.34. The van der Waals surface area contributed by atoms with E-state index in [0.717, 1.165) is 57.8 Å². The van der Waals surface area contributed by atoms with Crippen LogP contribution in [0.4, 0.5) is 5.69 Å². The molecule has 4 heterocycles. The van der Waals surface area contributed by atoms with Crippen LogP contribution in [-0.4, -0.2) is 61.5 Å². The molecule has 5 rings (SSSR count). The molecular formula is C20H26ClN3O3. The summed E-state index contributed by atoms with van der Waals surface area (Å²) in [4.78, 5) is 15.2. The van der Waals surface area contributed by atoms with E-state index in [1.807, 2.05) is 12.1 Å². The van der Waals surface area contributed by atoms with Crippen molar-refractivity contribution in [1.29, 1.82) is 0 Å². The molecule has 6 nitrogen and oxygen atoms in total. The van der Waals surface area contributed by atoms with E-state index in [9.17, 15) is 4.79 Å². The first-order valence-electron chi connectivity index (χ1n) is 9.89. The summed E-state index contributed by atoms with van der Waals surface area (Å²) in [6.07, 6.45) is 4.00. The Kier molecular flexibility index (Phi) is 4.35. The van der Waals surface area contributed by atoms with E-state index in [1.54, 1.807) is 6.07 Å². The van der Waals surface area contributed by atoms with Crippen molar-refractivity contribution in [2.75, 3.05) is 44.8 Å². The van der Waals surface area contributed by atoms with Crippen molar-refractivity contribution in [3.8, 4) is 0 Å². The van der Waals surface area contributed by atoms with Gasteiger partial charge in [0.25, 0.3) is 5.91 Å². The molecule has 4 aliphatic heterocycles. The van der Waals surface area contributed by atoms with Gasteiger partial charge in [-0.3, -0.25) is 4.79 Å². The molecule has 0 bridgehead atoms. The summed E-state index contributed by atoms with van der Waals surface area (Å²) < 4.78 is 11.8. The lowest BCUT2D eigenvalue weighted by Crippen LogP contribution is -2.59. The second kappa shape index (κ2) is 6.62. The average molecular weight is 392 g/mol. The summed E-state index contributed by atoms with van der Waals surface area (Å²) in [5.74, 6) is 0.600. The molecule has 0 aromatic heterocycles. The topological polar surface area (TPSA) is 62.8 Å². The van der Waals surface area contributed by atoms with Gasteiger partial charge in [-0.2, -0.15) is 0 Å². The van der Waals surface area contributed by atoms with Crippen LogP contribution in [-0.2, 0) is 9.47 Å². The van der Waals surface area contributed by atoms with E-state index in [4.69, 9.17) is 21.1 Å². The minimum atomic E-state index is -0.515. The zero-order valence-corrected chi connectivity index (χ0v) is 16.2. The molecule has 7 heteroatoms. The Morgan fingerprint density at radius 2 is 2.11 bits per heavy atom. The summed E-state index contributed by atoms with van der Waals surface area (Å²) in [7, 11) is 0. The summed E-state index contributed by atoms with van der Waals surface area (Å²) in [5, 5.41) is 7.25. The minimum Gasteiger partial charge on any atom is -0.381 e. The lowest BCUT2D eigenvalue weighted by atomic mass is 9.84. The molecule has 3 fully saturated rings. The second-order valence-electron chi connectivity index (χ2n) is 8.53. The van der Waals surface area contributed by atoms with Crippen LogP contribution in [0.2, 0.25) is 5.02 Å². The van der Waals surface area contributed by atoms with Gasteiger partial charge < -0.3 is 25.0 Å². The standard InChI is InChI=1S/C20H26ClN3O3/c21-15-1-2-17-16(9-15)18(25)23-20(22-17)12-19(27-13-20)4-6-24(7-5-19)10-14-3-8-26-11-14/h1-2,9,14,22H,3-8,10-13H2,(H,23,25). The quantitative estimate of drug-likeness (QED) is 0.811. The molecule has 0 aliphatic carbocycles. The molecule has 2 spiro atoms. The lowest BCUT2D eigenvalue weighted by molar-refractivity contribution is -0.0460. The number of ether oxygens (including phenoxy) is 2. The van der Waals surface area contributed by atoms with Crippen molar-refractivity contribution in [2.24, 2.45) is 5.92 Å². The third-order valence-corrected chi connectivity index (χ3v) is 6.74. The summed E-state index contributed by atoms with van der Waals surface area (Å²) in [5.41, 5.74) is 0.775. The van der Waals surface area contributed by atoms with Crippen molar-refractivity contribution in [3.05, 3.63) is 28.8 Å². The highest BCUT2D eigenvalue weighted by Crippen LogP contribution is 2.43. The van der Waals surface area contributed by atoms with Crippen molar-refractivity contribution in [1.82, 2.24) is 10.2 Å². The lowest BCUT2D eigenvalue weighted by Gasteiger charge is -2.41. The monoisotopic (exact) mass is 391 g/mol. The van der Waals surface area contributed by atoms with Gasteiger partial charge in [-0.05, 0) is 43.4 Å². The Balaban J connectivity index is 1.25. The number of benzene rings is 1. The first kappa shape index (κ1) is 17.7. The van der Waals surface area contributed by atoms with Crippen LogP contribution in [0, 0.1) is 5.92 Å². The van der Waals surface area contributed by atoms with Gasteiger partial charge in [-0.15, -0.1) is 0 Å². The number of anilines is 1. The molecule has 2 atom stereocenters. The molecule has 0 saturated carbocycles.